The minimum absolute atomic E-state index is 0.0210. The maximum Gasteiger partial charge on any atom is 0.253 e. The number of nitrogens with zero attached hydrogens (tertiary/aromatic N) is 1. The van der Waals surface area contributed by atoms with Crippen LogP contribution in [-0.4, -0.2) is 35.8 Å². The first kappa shape index (κ1) is 15.8. The molecule has 1 aromatic rings. The number of benzene rings is 1. The Labute approximate surface area is 130 Å². The highest BCUT2D eigenvalue weighted by atomic mass is 79.9. The van der Waals surface area contributed by atoms with Crippen LogP contribution < -0.4 is 11.1 Å². The lowest BCUT2D eigenvalue weighted by atomic mass is 10.1. The van der Waals surface area contributed by atoms with E-state index in [0.717, 1.165) is 6.42 Å². The van der Waals surface area contributed by atoms with Crippen LogP contribution in [0.3, 0.4) is 0 Å². The van der Waals surface area contributed by atoms with Crippen LogP contribution in [0.4, 0.5) is 10.1 Å². The molecule has 0 aromatic heterocycles. The quantitative estimate of drug-likeness (QED) is 0.866. The summed E-state index contributed by atoms with van der Waals surface area (Å²) in [6, 6.07) is 2.80. The Morgan fingerprint density at radius 2 is 2.24 bits per heavy atom. The minimum Gasteiger partial charge on any atom is -0.380 e. The van der Waals surface area contributed by atoms with E-state index in [9.17, 15) is 14.0 Å². The smallest absolute Gasteiger partial charge is 0.253 e. The summed E-state index contributed by atoms with van der Waals surface area (Å²) < 4.78 is 14.4. The van der Waals surface area contributed by atoms with Gasteiger partial charge in [-0.3, -0.25) is 9.59 Å². The minimum atomic E-state index is -0.818. The fourth-order valence-corrected chi connectivity index (χ4v) is 2.92. The number of likely N-dealkylation sites (tertiary alicyclic amines) is 1. The molecule has 1 fully saturated rings. The van der Waals surface area contributed by atoms with Gasteiger partial charge in [-0.25, -0.2) is 4.39 Å². The van der Waals surface area contributed by atoms with E-state index in [1.165, 1.54) is 6.07 Å². The van der Waals surface area contributed by atoms with Crippen molar-refractivity contribution in [2.24, 2.45) is 5.73 Å². The second kappa shape index (κ2) is 6.43. The molecule has 1 heterocycles. The number of primary amides is 1. The largest absolute Gasteiger partial charge is 0.380 e. The summed E-state index contributed by atoms with van der Waals surface area (Å²) in [6.07, 6.45) is 1.21. The van der Waals surface area contributed by atoms with Gasteiger partial charge in [-0.05, 0) is 18.6 Å². The molecule has 0 spiro atoms. The first-order chi connectivity index (χ1) is 9.92. The van der Waals surface area contributed by atoms with Crippen molar-refractivity contribution >= 4 is 33.4 Å². The van der Waals surface area contributed by atoms with Crippen molar-refractivity contribution in [3.63, 3.8) is 0 Å². The fraction of sp³-hybridized carbons (Fsp3) is 0.429. The molecule has 1 saturated heterocycles. The Balaban J connectivity index is 2.17. The van der Waals surface area contributed by atoms with Crippen LogP contribution in [0.15, 0.2) is 16.6 Å². The fourth-order valence-electron chi connectivity index (χ4n) is 2.49. The molecule has 1 aromatic carbocycles. The van der Waals surface area contributed by atoms with Crippen molar-refractivity contribution in [2.75, 3.05) is 18.4 Å². The number of anilines is 1. The van der Waals surface area contributed by atoms with Crippen molar-refractivity contribution in [1.29, 1.82) is 0 Å². The van der Waals surface area contributed by atoms with Gasteiger partial charge < -0.3 is 16.0 Å². The van der Waals surface area contributed by atoms with Crippen molar-refractivity contribution < 1.29 is 14.0 Å². The summed E-state index contributed by atoms with van der Waals surface area (Å²) in [5, 5.41) is 3.12. The molecule has 0 bridgehead atoms. The number of halogens is 2. The van der Waals surface area contributed by atoms with Crippen molar-refractivity contribution in [1.82, 2.24) is 4.90 Å². The predicted molar refractivity (Wildman–Crippen MR) is 81.5 cm³/mol. The number of hydrogen-bond donors (Lipinski definition) is 2. The summed E-state index contributed by atoms with van der Waals surface area (Å²) in [6.45, 7) is 3.02. The van der Waals surface area contributed by atoms with Crippen LogP contribution in [0.2, 0.25) is 0 Å². The highest BCUT2D eigenvalue weighted by molar-refractivity contribution is 9.10. The van der Waals surface area contributed by atoms with E-state index in [0.29, 0.717) is 29.7 Å². The first-order valence-corrected chi connectivity index (χ1v) is 7.54. The van der Waals surface area contributed by atoms with E-state index in [1.54, 1.807) is 11.0 Å². The van der Waals surface area contributed by atoms with E-state index in [1.807, 2.05) is 6.92 Å². The summed E-state index contributed by atoms with van der Waals surface area (Å²) in [4.78, 5) is 24.8. The molecule has 114 valence electrons. The molecular formula is C14H17BrFN3O2. The Morgan fingerprint density at radius 3 is 2.86 bits per heavy atom. The van der Waals surface area contributed by atoms with Crippen molar-refractivity contribution in [3.05, 3.63) is 28.0 Å². The highest BCUT2D eigenvalue weighted by Gasteiger charge is 2.26. The van der Waals surface area contributed by atoms with Gasteiger partial charge in [0.2, 0.25) is 5.91 Å². The van der Waals surface area contributed by atoms with E-state index >= 15 is 0 Å². The molecule has 21 heavy (non-hydrogen) atoms. The molecular weight excluding hydrogens is 341 g/mol. The third-order valence-electron chi connectivity index (χ3n) is 3.50. The van der Waals surface area contributed by atoms with Crippen LogP contribution in [0.5, 0.6) is 0 Å². The maximum absolute atomic E-state index is 13.9. The molecule has 5 nitrogen and oxygen atoms in total. The number of rotatable bonds is 4. The molecule has 0 aliphatic carbocycles. The van der Waals surface area contributed by atoms with Gasteiger partial charge in [0.05, 0.1) is 11.3 Å². The lowest BCUT2D eigenvalue weighted by Crippen LogP contribution is -2.31. The Bertz CT molecular complexity index is 580. The van der Waals surface area contributed by atoms with Gasteiger partial charge in [-0.1, -0.05) is 22.9 Å². The lowest BCUT2D eigenvalue weighted by Gasteiger charge is -2.18. The first-order valence-electron chi connectivity index (χ1n) is 6.75. The molecule has 7 heteroatoms. The SMILES string of the molecule is CCC(=O)N1CCC(Nc2cc(Br)cc(F)c2C(N)=O)C1. The van der Waals surface area contributed by atoms with E-state index in [4.69, 9.17) is 5.73 Å². The number of hydrogen-bond acceptors (Lipinski definition) is 3. The normalized spacial score (nSPS) is 17.9. The molecule has 1 aliphatic heterocycles. The average Bonchev–Trinajstić information content (AvgIpc) is 2.85. The van der Waals surface area contributed by atoms with E-state index in [2.05, 4.69) is 21.2 Å². The lowest BCUT2D eigenvalue weighted by molar-refractivity contribution is -0.129. The molecule has 1 aliphatic rings. The molecule has 1 atom stereocenters. The van der Waals surface area contributed by atoms with Gasteiger partial charge in [-0.2, -0.15) is 0 Å². The van der Waals surface area contributed by atoms with Gasteiger partial charge in [0.1, 0.15) is 5.82 Å². The zero-order valence-electron chi connectivity index (χ0n) is 11.7. The maximum atomic E-state index is 13.9. The second-order valence-electron chi connectivity index (χ2n) is 5.00. The van der Waals surface area contributed by atoms with E-state index in [-0.39, 0.29) is 17.5 Å². The van der Waals surface area contributed by atoms with Crippen LogP contribution in [-0.2, 0) is 4.79 Å². The van der Waals surface area contributed by atoms with Crippen molar-refractivity contribution in [3.8, 4) is 0 Å². The number of amides is 2. The molecule has 2 rings (SSSR count). The van der Waals surface area contributed by atoms with Crippen LogP contribution >= 0.6 is 15.9 Å². The number of carbonyl (C=O) groups is 2. The summed E-state index contributed by atoms with van der Waals surface area (Å²) in [7, 11) is 0. The van der Waals surface area contributed by atoms with Crippen molar-refractivity contribution in [2.45, 2.75) is 25.8 Å². The van der Waals surface area contributed by atoms with Gasteiger partial charge in [0.25, 0.3) is 5.91 Å². The monoisotopic (exact) mass is 357 g/mol. The Morgan fingerprint density at radius 1 is 1.52 bits per heavy atom. The van der Waals surface area contributed by atoms with Gasteiger partial charge in [-0.15, -0.1) is 0 Å². The van der Waals surface area contributed by atoms with Gasteiger partial charge in [0, 0.05) is 30.0 Å². The summed E-state index contributed by atoms with van der Waals surface area (Å²) >= 11 is 3.20. The Kier molecular flexibility index (Phi) is 4.82. The Hall–Kier alpha value is -1.63. The number of nitrogens with two attached hydrogens (primary N) is 1. The third-order valence-corrected chi connectivity index (χ3v) is 3.96. The highest BCUT2D eigenvalue weighted by Crippen LogP contribution is 2.26. The molecule has 0 saturated carbocycles. The zero-order valence-corrected chi connectivity index (χ0v) is 13.2. The zero-order chi connectivity index (χ0) is 15.6. The summed E-state index contributed by atoms with van der Waals surface area (Å²) in [5.41, 5.74) is 5.44. The number of carbonyl (C=O) groups excluding carboxylic acids is 2. The molecule has 3 N–H and O–H groups in total. The molecule has 2 amide bonds. The van der Waals surface area contributed by atoms with Crippen LogP contribution in [0.25, 0.3) is 0 Å². The third kappa shape index (κ3) is 3.53. The molecule has 0 radical (unpaired) electrons. The van der Waals surface area contributed by atoms with Gasteiger partial charge in [0.15, 0.2) is 0 Å². The molecule has 1 unspecified atom stereocenters. The number of nitrogens with one attached hydrogen (secondary N) is 1. The predicted octanol–water partition coefficient (Wildman–Crippen LogP) is 2.11. The van der Waals surface area contributed by atoms with Gasteiger partial charge >= 0.3 is 0 Å². The topological polar surface area (TPSA) is 75.4 Å². The standard InChI is InChI=1S/C14H17BrFN3O2/c1-2-12(20)19-4-3-9(7-19)18-11-6-8(15)5-10(16)13(11)14(17)21/h5-6,9,18H,2-4,7H2,1H3,(H2,17,21). The van der Waals surface area contributed by atoms with Crippen LogP contribution in [0, 0.1) is 5.82 Å². The average molecular weight is 358 g/mol. The second-order valence-corrected chi connectivity index (χ2v) is 5.91. The van der Waals surface area contributed by atoms with Crippen LogP contribution in [0.1, 0.15) is 30.1 Å². The summed E-state index contributed by atoms with van der Waals surface area (Å²) in [5.74, 6) is -1.39. The van der Waals surface area contributed by atoms with E-state index < -0.39 is 11.7 Å².